The van der Waals surface area contributed by atoms with Gasteiger partial charge in [-0.3, -0.25) is 28.8 Å². The molecule has 2 aromatic heterocycles. The van der Waals surface area contributed by atoms with Gasteiger partial charge < -0.3 is 98.9 Å². The van der Waals surface area contributed by atoms with E-state index in [1.165, 1.54) is 53.0 Å². The van der Waals surface area contributed by atoms with Crippen molar-refractivity contribution < 1.29 is 102 Å². The molecule has 0 aliphatic carbocycles. The van der Waals surface area contributed by atoms with E-state index < -0.39 is 97.0 Å². The van der Waals surface area contributed by atoms with E-state index in [1.807, 2.05) is 19.0 Å². The predicted molar refractivity (Wildman–Crippen MR) is 318 cm³/mol. The maximum atomic E-state index is 14.5. The Kier molecular flexibility index (Phi) is 23.3. The van der Waals surface area contributed by atoms with Crippen molar-refractivity contribution in [2.75, 3.05) is 89.3 Å². The summed E-state index contributed by atoms with van der Waals surface area (Å²) in [5, 5.41) is 64.2. The van der Waals surface area contributed by atoms with Gasteiger partial charge in [0.1, 0.15) is 47.7 Å². The number of carbonyl (C=O) groups excluding carboxylic acids is 7. The lowest BCUT2D eigenvalue weighted by Crippen LogP contribution is -2.61. The number of hydrogen-bond acceptors (Lipinski definition) is 21. The molecule has 2 aromatic carbocycles. The largest absolute Gasteiger partial charge is 0.493 e. The summed E-state index contributed by atoms with van der Waals surface area (Å²) in [5.41, 5.74) is 2.92. The molecule has 0 spiro atoms. The summed E-state index contributed by atoms with van der Waals surface area (Å²) in [6.07, 6.45) is -9.61. The number of amides is 7. The second-order valence-corrected chi connectivity index (χ2v) is 22.6. The lowest BCUT2D eigenvalue weighted by Gasteiger charge is -2.38. The number of benzene rings is 2. The van der Waals surface area contributed by atoms with Crippen molar-refractivity contribution in [3.05, 3.63) is 95.1 Å². The lowest BCUT2D eigenvalue weighted by atomic mass is 9.99. The molecule has 31 nitrogen and oxygen atoms in total. The van der Waals surface area contributed by atoms with Gasteiger partial charge in [0.15, 0.2) is 23.8 Å². The number of hydrogen-bond donors (Lipinski definition) is 10. The molecular formula is C59H78N10O21. The summed E-state index contributed by atoms with van der Waals surface area (Å²) in [7, 11) is 8.56. The van der Waals surface area contributed by atoms with E-state index in [0.717, 1.165) is 17.9 Å². The van der Waals surface area contributed by atoms with Gasteiger partial charge in [0.05, 0.1) is 67.8 Å². The number of aliphatic carboxylic acids is 1. The number of fused-ring (bicyclic) bond motifs is 2. The standard InChI is InChI=1S/C59H78N10O21/c1-32-22-41-54(78)69(58(82)86-31-33-13-14-42(88-56-48(73)46(71)47(72)49(89-56)55(79)80)37(23-33)50(74)61-16-19-84-20-21-87-64-57(81)90-59(2,3)4)38-27-44(43(83-9)26-36(38)53(77)68(41)28-32)85-18-10-12-45(70)62-34-24-40(67(8)29-34)52(76)63-35-25-39(66(7)30-35)51(75)60-15-11-17-65(5)6/h13-14,23-27,29-30,41,46-49,54,56,71-73,78H,1,10-12,15-22,28,31H2,2-9H3,(H,60,75)(H,61,74)(H,62,70)(H,63,76)(H,64,81)(H,79,80)/t41-,46-,47-,48+,49-,54?,56+/m0/s1. The zero-order valence-corrected chi connectivity index (χ0v) is 51.1. The van der Waals surface area contributed by atoms with Gasteiger partial charge in [-0.1, -0.05) is 18.2 Å². The number of aromatic nitrogens is 2. The fourth-order valence-electron chi connectivity index (χ4n) is 9.80. The molecule has 10 N–H and O–H groups in total. The minimum absolute atomic E-state index is 0.0229. The van der Waals surface area contributed by atoms with E-state index in [0.29, 0.717) is 29.2 Å². The first kappa shape index (κ1) is 68.7. The van der Waals surface area contributed by atoms with E-state index in [-0.39, 0.29) is 110 Å². The Morgan fingerprint density at radius 2 is 1.48 bits per heavy atom. The average Bonchev–Trinajstić information content (AvgIpc) is 1.66. The highest BCUT2D eigenvalue weighted by Crippen LogP contribution is 2.42. The van der Waals surface area contributed by atoms with E-state index in [2.05, 4.69) is 33.3 Å². The predicted octanol–water partition coefficient (Wildman–Crippen LogP) is 1.82. The van der Waals surface area contributed by atoms with Gasteiger partial charge in [-0.15, -0.1) is 0 Å². The molecule has 3 aliphatic rings. The molecule has 490 valence electrons. The van der Waals surface area contributed by atoms with E-state index in [9.17, 15) is 63.9 Å². The summed E-state index contributed by atoms with van der Waals surface area (Å²) >= 11 is 0. The molecule has 0 saturated carbocycles. The van der Waals surface area contributed by atoms with Gasteiger partial charge >= 0.3 is 18.2 Å². The summed E-state index contributed by atoms with van der Waals surface area (Å²) in [6, 6.07) is 8.54. The number of aliphatic hydroxyl groups excluding tert-OH is 4. The van der Waals surface area contributed by atoms with E-state index >= 15 is 0 Å². The Balaban J connectivity index is 1.01. The number of rotatable bonds is 27. The molecule has 0 bridgehead atoms. The zero-order valence-electron chi connectivity index (χ0n) is 51.1. The van der Waals surface area contributed by atoms with Crippen LogP contribution >= 0.6 is 0 Å². The van der Waals surface area contributed by atoms with Crippen LogP contribution in [0.2, 0.25) is 0 Å². The Labute approximate surface area is 517 Å². The van der Waals surface area contributed by atoms with Crippen molar-refractivity contribution in [1.29, 1.82) is 0 Å². The van der Waals surface area contributed by atoms with Crippen LogP contribution in [-0.4, -0.2) is 215 Å². The molecule has 7 rings (SSSR count). The van der Waals surface area contributed by atoms with Crippen LogP contribution in [0.4, 0.5) is 26.7 Å². The van der Waals surface area contributed by atoms with Crippen LogP contribution in [0.15, 0.2) is 67.0 Å². The van der Waals surface area contributed by atoms with Crippen molar-refractivity contribution in [1.82, 2.24) is 35.0 Å². The highest BCUT2D eigenvalue weighted by molar-refractivity contribution is 6.07. The second-order valence-electron chi connectivity index (χ2n) is 22.6. The fraction of sp³-hybridized carbons (Fsp3) is 0.492. The molecule has 7 atom stereocenters. The molecule has 90 heavy (non-hydrogen) atoms. The molecule has 7 amide bonds. The molecule has 5 heterocycles. The highest BCUT2D eigenvalue weighted by Gasteiger charge is 2.49. The number of hydroxylamine groups is 1. The van der Waals surface area contributed by atoms with Crippen molar-refractivity contribution in [3.63, 3.8) is 0 Å². The van der Waals surface area contributed by atoms with Crippen LogP contribution in [0.1, 0.15) is 93.7 Å². The van der Waals surface area contributed by atoms with Crippen LogP contribution in [0.25, 0.3) is 0 Å². The van der Waals surface area contributed by atoms with Gasteiger partial charge in [-0.05, 0) is 96.6 Å². The number of carbonyl (C=O) groups is 8. The zero-order chi connectivity index (χ0) is 65.7. The van der Waals surface area contributed by atoms with Gasteiger partial charge in [-0.2, -0.15) is 5.48 Å². The van der Waals surface area contributed by atoms with Crippen LogP contribution in [0.5, 0.6) is 17.2 Å². The fourth-order valence-corrected chi connectivity index (χ4v) is 9.80. The summed E-state index contributed by atoms with van der Waals surface area (Å²) < 4.78 is 42.3. The third-order valence-corrected chi connectivity index (χ3v) is 14.1. The number of carboxylic acid groups (broad SMARTS) is 1. The quantitative estimate of drug-likeness (QED) is 0.0231. The number of anilines is 3. The molecular weight excluding hydrogens is 1180 g/mol. The van der Waals surface area contributed by atoms with Gasteiger partial charge in [0, 0.05) is 58.6 Å². The highest BCUT2D eigenvalue weighted by atomic mass is 16.7. The van der Waals surface area contributed by atoms with Crippen LogP contribution in [0.3, 0.4) is 0 Å². The Morgan fingerprint density at radius 1 is 0.789 bits per heavy atom. The van der Waals surface area contributed by atoms with Crippen LogP contribution < -0.4 is 45.9 Å². The third kappa shape index (κ3) is 17.7. The summed E-state index contributed by atoms with van der Waals surface area (Å²) in [6.45, 7) is 9.40. The van der Waals surface area contributed by atoms with Crippen LogP contribution in [0, 0.1) is 0 Å². The van der Waals surface area contributed by atoms with Gasteiger partial charge in [-0.25, -0.2) is 19.3 Å². The minimum Gasteiger partial charge on any atom is -0.493 e. The number of nitrogens with zero attached hydrogens (tertiary/aromatic N) is 5. The van der Waals surface area contributed by atoms with Crippen molar-refractivity contribution in [2.45, 2.75) is 102 Å². The topological polar surface area (TPSA) is 391 Å². The number of nitrogens with one attached hydrogen (secondary N) is 5. The van der Waals surface area contributed by atoms with Crippen LogP contribution in [-0.2, 0) is 54.1 Å². The van der Waals surface area contributed by atoms with Gasteiger partial charge in [0.25, 0.3) is 23.6 Å². The molecule has 0 radical (unpaired) electrons. The van der Waals surface area contributed by atoms with E-state index in [4.69, 9.17) is 38.0 Å². The second kappa shape index (κ2) is 30.6. The Bertz CT molecular complexity index is 3290. The maximum absolute atomic E-state index is 14.5. The first-order chi connectivity index (χ1) is 42.6. The average molecular weight is 1260 g/mol. The monoisotopic (exact) mass is 1260 g/mol. The third-order valence-electron chi connectivity index (χ3n) is 14.1. The molecule has 1 unspecified atom stereocenters. The Morgan fingerprint density at radius 3 is 2.16 bits per heavy atom. The SMILES string of the molecule is C=C1C[C@H]2C(O)N(C(=O)OCc3ccc(O[C@@H]4O[C@H](C(=O)O)[C@@H](O)[C@H](O)[C@H]4O)c(C(=O)NCCOCCONC(=O)OC(C)(C)C)c3)c3cc(OCCCC(=O)Nc4cc(C(=O)Nc5cc(C(=O)NCCCN(C)C)n(C)c5)n(C)c4)c(OC)cc3C(=O)N2C1. The molecule has 4 aromatic rings. The smallest absolute Gasteiger partial charge is 0.431 e. The van der Waals surface area contributed by atoms with Gasteiger partial charge in [0.2, 0.25) is 12.2 Å². The first-order valence-corrected chi connectivity index (χ1v) is 28.7. The number of aliphatic hydroxyl groups is 4. The Hall–Kier alpha value is -8.82. The number of methoxy groups -OCH3 is 1. The molecule has 2 saturated heterocycles. The van der Waals surface area contributed by atoms with Crippen molar-refractivity contribution >= 4 is 64.8 Å². The number of carboxylic acids is 1. The molecule has 31 heteroatoms. The number of aryl methyl sites for hydroxylation is 2. The normalized spacial score (nSPS) is 19.7. The summed E-state index contributed by atoms with van der Waals surface area (Å²) in [4.78, 5) is 115. The molecule has 2 fully saturated rings. The lowest BCUT2D eigenvalue weighted by molar-refractivity contribution is -0.271. The van der Waals surface area contributed by atoms with Crippen molar-refractivity contribution in [2.24, 2.45) is 14.1 Å². The first-order valence-electron chi connectivity index (χ1n) is 28.7. The van der Waals surface area contributed by atoms with Crippen molar-refractivity contribution in [3.8, 4) is 17.2 Å². The minimum atomic E-state index is -2.04. The summed E-state index contributed by atoms with van der Waals surface area (Å²) in [5.74, 6) is -4.49. The van der Waals surface area contributed by atoms with E-state index in [1.54, 1.807) is 57.9 Å². The maximum Gasteiger partial charge on any atom is 0.431 e. The number of ether oxygens (including phenoxy) is 7. The molecule has 3 aliphatic heterocycles.